The van der Waals surface area contributed by atoms with Gasteiger partial charge >= 0.3 is 5.97 Å². The molecule has 0 unspecified atom stereocenters. The number of hydrogen-bond acceptors (Lipinski definition) is 2. The van der Waals surface area contributed by atoms with Crippen molar-refractivity contribution in [2.75, 3.05) is 0 Å². The summed E-state index contributed by atoms with van der Waals surface area (Å²) < 4.78 is 5.80. The van der Waals surface area contributed by atoms with E-state index < -0.39 is 0 Å². The zero-order valence-corrected chi connectivity index (χ0v) is 23.3. The molecule has 2 spiro atoms. The summed E-state index contributed by atoms with van der Waals surface area (Å²) in [7, 11) is 0. The van der Waals surface area contributed by atoms with Crippen LogP contribution in [0.25, 0.3) is 0 Å². The largest absolute Gasteiger partial charge is 0.462 e. The van der Waals surface area contributed by atoms with Crippen molar-refractivity contribution in [1.82, 2.24) is 0 Å². The van der Waals surface area contributed by atoms with Crippen LogP contribution in [0.1, 0.15) is 119 Å². The van der Waals surface area contributed by atoms with E-state index in [1.807, 2.05) is 0 Å². The topological polar surface area (TPSA) is 26.3 Å². The molecular formula is C32H52O2. The molecule has 34 heavy (non-hydrogen) atoms. The number of carbonyl (C=O) groups excluding carboxylic acids is 1. The molecule has 0 aromatic carbocycles. The Morgan fingerprint density at radius 2 is 1.71 bits per heavy atom. The van der Waals surface area contributed by atoms with Crippen LogP contribution in [0.4, 0.5) is 0 Å². The minimum Gasteiger partial charge on any atom is -0.462 e. The van der Waals surface area contributed by atoms with E-state index in [1.54, 1.807) is 6.92 Å². The molecule has 192 valence electrons. The Balaban J connectivity index is 1.35. The van der Waals surface area contributed by atoms with Crippen molar-refractivity contribution in [2.24, 2.45) is 57.2 Å². The van der Waals surface area contributed by atoms with Gasteiger partial charge < -0.3 is 4.74 Å². The summed E-state index contributed by atoms with van der Waals surface area (Å²) in [6.07, 6.45) is 15.1. The lowest BCUT2D eigenvalue weighted by atomic mass is 9.43. The fraction of sp³-hybridized carbons (Fsp3) is 0.906. The van der Waals surface area contributed by atoms with Crippen molar-refractivity contribution in [3.63, 3.8) is 0 Å². The van der Waals surface area contributed by atoms with Gasteiger partial charge in [0.15, 0.2) is 0 Å². The van der Waals surface area contributed by atoms with Gasteiger partial charge in [0.05, 0.1) is 0 Å². The van der Waals surface area contributed by atoms with Crippen LogP contribution in [0.5, 0.6) is 0 Å². The summed E-state index contributed by atoms with van der Waals surface area (Å²) in [5.74, 6) is 4.43. The van der Waals surface area contributed by atoms with E-state index >= 15 is 0 Å². The van der Waals surface area contributed by atoms with Crippen molar-refractivity contribution < 1.29 is 9.53 Å². The molecule has 0 aromatic rings. The monoisotopic (exact) mass is 468 g/mol. The molecule has 0 radical (unpaired) electrons. The smallest absolute Gasteiger partial charge is 0.302 e. The fourth-order valence-electron chi connectivity index (χ4n) is 11.2. The maximum Gasteiger partial charge on any atom is 0.302 e. The molecule has 0 bridgehead atoms. The van der Waals surface area contributed by atoms with Crippen LogP contribution >= 0.6 is 0 Å². The third-order valence-electron chi connectivity index (χ3n) is 13.4. The van der Waals surface area contributed by atoms with Gasteiger partial charge in [-0.2, -0.15) is 0 Å². The van der Waals surface area contributed by atoms with Crippen LogP contribution in [0.15, 0.2) is 12.2 Å². The quantitative estimate of drug-likeness (QED) is 0.288. The Morgan fingerprint density at radius 3 is 2.38 bits per heavy atom. The summed E-state index contributed by atoms with van der Waals surface area (Å²) in [4.78, 5) is 11.7. The van der Waals surface area contributed by atoms with Crippen molar-refractivity contribution in [3.05, 3.63) is 12.2 Å². The first kappa shape index (κ1) is 24.9. The lowest BCUT2D eigenvalue weighted by Gasteiger charge is -2.62. The van der Waals surface area contributed by atoms with Gasteiger partial charge in [0, 0.05) is 6.92 Å². The summed E-state index contributed by atoms with van der Waals surface area (Å²) >= 11 is 0. The molecule has 0 aromatic heterocycles. The van der Waals surface area contributed by atoms with Crippen molar-refractivity contribution in [2.45, 2.75) is 125 Å². The average molecular weight is 469 g/mol. The molecule has 5 fully saturated rings. The lowest BCUT2D eigenvalue weighted by molar-refractivity contribution is -0.165. The van der Waals surface area contributed by atoms with E-state index in [-0.39, 0.29) is 12.1 Å². The SMILES string of the molecule is C=C(CC[C@@H](C)[C@H]1CC[C@@]2(C)[C@@H]3CC[C@H]4[C@H](C)[C@@H](OC(C)=O)CC[C@@]45C[C@@]35CC[C@]12C)C(C)C. The number of rotatable bonds is 6. The number of allylic oxidation sites excluding steroid dienone is 1. The number of fused-ring (bicyclic) bond motifs is 2. The Hall–Kier alpha value is -0.790. The second kappa shape index (κ2) is 8.11. The molecule has 0 amide bonds. The summed E-state index contributed by atoms with van der Waals surface area (Å²) in [6.45, 7) is 21.0. The highest BCUT2D eigenvalue weighted by molar-refractivity contribution is 5.66. The Kier molecular flexibility index (Phi) is 5.93. The first-order valence-corrected chi connectivity index (χ1v) is 14.8. The number of carbonyl (C=O) groups is 1. The average Bonchev–Trinajstić information content (AvgIpc) is 3.36. The molecule has 2 heteroatoms. The third-order valence-corrected chi connectivity index (χ3v) is 13.4. The van der Waals surface area contributed by atoms with Crippen LogP contribution in [0.2, 0.25) is 0 Å². The van der Waals surface area contributed by atoms with Crippen molar-refractivity contribution in [3.8, 4) is 0 Å². The zero-order valence-electron chi connectivity index (χ0n) is 23.3. The van der Waals surface area contributed by atoms with Gasteiger partial charge in [-0.3, -0.25) is 4.79 Å². The molecular weight excluding hydrogens is 416 g/mol. The Morgan fingerprint density at radius 1 is 0.971 bits per heavy atom. The maximum absolute atomic E-state index is 11.7. The van der Waals surface area contributed by atoms with Gasteiger partial charge in [-0.15, -0.1) is 0 Å². The predicted octanol–water partition coefficient (Wildman–Crippen LogP) is 8.60. The van der Waals surface area contributed by atoms with Crippen LogP contribution < -0.4 is 0 Å². The van der Waals surface area contributed by atoms with Gasteiger partial charge in [0.2, 0.25) is 0 Å². The first-order valence-electron chi connectivity index (χ1n) is 14.8. The molecule has 2 nitrogen and oxygen atoms in total. The number of esters is 1. The van der Waals surface area contributed by atoms with E-state index in [9.17, 15) is 4.79 Å². The fourth-order valence-corrected chi connectivity index (χ4v) is 11.2. The minimum atomic E-state index is -0.0870. The minimum absolute atomic E-state index is 0.0870. The van der Waals surface area contributed by atoms with E-state index in [0.717, 1.165) is 30.1 Å². The van der Waals surface area contributed by atoms with Crippen LogP contribution in [0.3, 0.4) is 0 Å². The molecule has 0 heterocycles. The highest BCUT2D eigenvalue weighted by Crippen LogP contribution is 2.88. The van der Waals surface area contributed by atoms with Gasteiger partial charge in [-0.25, -0.2) is 0 Å². The highest BCUT2D eigenvalue weighted by atomic mass is 16.5. The van der Waals surface area contributed by atoms with Crippen molar-refractivity contribution in [1.29, 1.82) is 0 Å². The zero-order chi connectivity index (χ0) is 24.7. The second-order valence-corrected chi connectivity index (χ2v) is 14.6. The van der Waals surface area contributed by atoms with Crippen LogP contribution in [0, 0.1) is 57.2 Å². The van der Waals surface area contributed by atoms with Crippen LogP contribution in [-0.4, -0.2) is 12.1 Å². The Labute approximate surface area is 210 Å². The molecule has 5 aliphatic carbocycles. The van der Waals surface area contributed by atoms with Crippen LogP contribution in [-0.2, 0) is 9.53 Å². The van der Waals surface area contributed by atoms with E-state index in [4.69, 9.17) is 4.74 Å². The predicted molar refractivity (Wildman–Crippen MR) is 140 cm³/mol. The van der Waals surface area contributed by atoms with E-state index in [0.29, 0.717) is 33.5 Å². The maximum atomic E-state index is 11.7. The van der Waals surface area contributed by atoms with Gasteiger partial charge in [-0.1, -0.05) is 53.7 Å². The third kappa shape index (κ3) is 3.21. The summed E-state index contributed by atoms with van der Waals surface area (Å²) in [5.41, 5.74) is 3.61. The molecule has 5 aliphatic rings. The van der Waals surface area contributed by atoms with Gasteiger partial charge in [0.25, 0.3) is 0 Å². The Bertz CT molecular complexity index is 844. The molecule has 5 rings (SSSR count). The number of hydrogen-bond donors (Lipinski definition) is 0. The highest BCUT2D eigenvalue weighted by Gasteiger charge is 2.81. The normalized spacial score (nSPS) is 49.9. The van der Waals surface area contributed by atoms with Gasteiger partial charge in [0.1, 0.15) is 6.10 Å². The van der Waals surface area contributed by atoms with E-state index in [2.05, 4.69) is 48.1 Å². The molecule has 0 saturated heterocycles. The summed E-state index contributed by atoms with van der Waals surface area (Å²) in [5, 5.41) is 0. The van der Waals surface area contributed by atoms with Crippen molar-refractivity contribution >= 4 is 5.97 Å². The molecule has 5 saturated carbocycles. The standard InChI is InChI=1S/C32H52O2/c1-20(2)21(3)9-10-22(4)25-13-15-30(8)28-12-11-26-23(5)27(34-24(6)33)14-16-31(26)19-32(28,31)18-17-29(25,30)7/h20,22-23,25-28H,3,9-19H2,1-2,4-8H3/t22-,23+,25-,26+,27+,28+,29-,30+,31-,32+/m1/s1. The van der Waals surface area contributed by atoms with E-state index in [1.165, 1.54) is 69.8 Å². The number of ether oxygens (including phenoxy) is 1. The molecule has 0 N–H and O–H groups in total. The lowest BCUT2D eigenvalue weighted by Crippen LogP contribution is -2.56. The first-order chi connectivity index (χ1) is 15.9. The second-order valence-electron chi connectivity index (χ2n) is 14.6. The molecule has 10 atom stereocenters. The summed E-state index contributed by atoms with van der Waals surface area (Å²) in [6, 6.07) is 0. The van der Waals surface area contributed by atoms with Gasteiger partial charge in [-0.05, 0) is 128 Å². The molecule has 0 aliphatic heterocycles.